The quantitative estimate of drug-likeness (QED) is 0.841. The van der Waals surface area contributed by atoms with Crippen LogP contribution in [0.2, 0.25) is 0 Å². The molecule has 0 aromatic carbocycles. The summed E-state index contributed by atoms with van der Waals surface area (Å²) in [5, 5.41) is 4.04. The van der Waals surface area contributed by atoms with Crippen LogP contribution in [-0.2, 0) is 24.4 Å². The fourth-order valence-corrected chi connectivity index (χ4v) is 4.23. The van der Waals surface area contributed by atoms with E-state index in [0.29, 0.717) is 19.6 Å². The van der Waals surface area contributed by atoms with Gasteiger partial charge < -0.3 is 19.5 Å². The van der Waals surface area contributed by atoms with Gasteiger partial charge in [-0.1, -0.05) is 17.8 Å². The van der Waals surface area contributed by atoms with Crippen molar-refractivity contribution in [2.75, 3.05) is 18.9 Å². The second-order valence-electron chi connectivity index (χ2n) is 6.55. The number of aromatic nitrogens is 3. The number of hydrogen-bond donors (Lipinski definition) is 1. The van der Waals surface area contributed by atoms with Crippen LogP contribution >= 0.6 is 11.8 Å². The summed E-state index contributed by atoms with van der Waals surface area (Å²) in [7, 11) is 0. The third-order valence-electron chi connectivity index (χ3n) is 4.59. The molecular formula is C18H23N5O2S. The summed E-state index contributed by atoms with van der Waals surface area (Å²) in [6, 6.07) is 5.65. The lowest BCUT2D eigenvalue weighted by Gasteiger charge is -2.25. The highest BCUT2D eigenvalue weighted by Gasteiger charge is 2.23. The van der Waals surface area contributed by atoms with Crippen molar-refractivity contribution in [2.24, 2.45) is 0 Å². The third kappa shape index (κ3) is 4.19. The van der Waals surface area contributed by atoms with Crippen LogP contribution in [0.5, 0.6) is 0 Å². The van der Waals surface area contributed by atoms with E-state index in [1.54, 1.807) is 22.9 Å². The molecule has 2 aromatic heterocycles. The fraction of sp³-hybridized carbons (Fsp3) is 0.500. The zero-order chi connectivity index (χ0) is 17.8. The van der Waals surface area contributed by atoms with Gasteiger partial charge in [0.15, 0.2) is 5.16 Å². The van der Waals surface area contributed by atoms with Crippen molar-refractivity contribution in [3.8, 4) is 0 Å². The van der Waals surface area contributed by atoms with Crippen molar-refractivity contribution in [2.45, 2.75) is 43.7 Å². The van der Waals surface area contributed by atoms with E-state index in [9.17, 15) is 4.79 Å². The molecule has 0 aliphatic carbocycles. The molecule has 1 saturated heterocycles. The molecule has 4 rings (SSSR count). The van der Waals surface area contributed by atoms with Crippen LogP contribution < -0.4 is 5.32 Å². The highest BCUT2D eigenvalue weighted by atomic mass is 32.2. The van der Waals surface area contributed by atoms with Crippen LogP contribution in [0.25, 0.3) is 0 Å². The van der Waals surface area contributed by atoms with Gasteiger partial charge in [0.2, 0.25) is 0 Å². The summed E-state index contributed by atoms with van der Waals surface area (Å²) in [5.74, 6) is 1.08. The van der Waals surface area contributed by atoms with Gasteiger partial charge in [0.25, 0.3) is 0 Å². The van der Waals surface area contributed by atoms with E-state index in [1.165, 1.54) is 0 Å². The van der Waals surface area contributed by atoms with Crippen molar-refractivity contribution in [3.05, 3.63) is 42.0 Å². The van der Waals surface area contributed by atoms with Crippen molar-refractivity contribution < 1.29 is 9.53 Å². The topological polar surface area (TPSA) is 72.3 Å². The molecule has 0 saturated carbocycles. The lowest BCUT2D eigenvalue weighted by atomic mass is 10.2. The number of urea groups is 1. The number of nitrogens with zero attached hydrogens (tertiary/aromatic N) is 4. The zero-order valence-corrected chi connectivity index (χ0v) is 15.5. The highest BCUT2D eigenvalue weighted by molar-refractivity contribution is 7.99. The van der Waals surface area contributed by atoms with Crippen LogP contribution in [0.4, 0.5) is 4.79 Å². The Bertz CT molecular complexity index is 724. The van der Waals surface area contributed by atoms with E-state index in [0.717, 1.165) is 48.3 Å². The van der Waals surface area contributed by atoms with E-state index in [-0.39, 0.29) is 12.1 Å². The molecule has 2 aromatic rings. The number of aryl methyl sites for hydroxylation is 1. The first-order valence-corrected chi connectivity index (χ1v) is 9.99. The molecular weight excluding hydrogens is 350 g/mol. The first kappa shape index (κ1) is 17.4. The Hall–Kier alpha value is -2.06. The van der Waals surface area contributed by atoms with Gasteiger partial charge in [0.1, 0.15) is 0 Å². The Morgan fingerprint density at radius 3 is 3.15 bits per heavy atom. The predicted molar refractivity (Wildman–Crippen MR) is 98.8 cm³/mol. The summed E-state index contributed by atoms with van der Waals surface area (Å²) in [4.78, 5) is 23.5. The number of nitrogens with one attached hydrogen (secondary N) is 1. The number of thioether (sulfide) groups is 1. The van der Waals surface area contributed by atoms with Crippen molar-refractivity contribution in [1.29, 1.82) is 0 Å². The number of ether oxygens (including phenoxy) is 1. The lowest BCUT2D eigenvalue weighted by molar-refractivity contribution is 0.0791. The number of amides is 2. The number of imidazole rings is 1. The predicted octanol–water partition coefficient (Wildman–Crippen LogP) is 2.27. The van der Waals surface area contributed by atoms with Crippen LogP contribution in [0.3, 0.4) is 0 Å². The summed E-state index contributed by atoms with van der Waals surface area (Å²) < 4.78 is 7.86. The standard InChI is InChI=1S/C18H23N5O2S/c24-17(20-10-15-12-22-7-9-26-18(22)21-15)23(13-16-5-3-8-25-16)11-14-4-1-2-6-19-14/h1-2,4,6,12,16H,3,5,7-11,13H2,(H,20,24)/t16-/m1/s1. The van der Waals surface area contributed by atoms with Gasteiger partial charge in [-0.25, -0.2) is 9.78 Å². The smallest absolute Gasteiger partial charge is 0.318 e. The second-order valence-corrected chi connectivity index (χ2v) is 7.61. The van der Waals surface area contributed by atoms with Crippen molar-refractivity contribution >= 4 is 17.8 Å². The molecule has 7 nitrogen and oxygen atoms in total. The highest BCUT2D eigenvalue weighted by Crippen LogP contribution is 2.24. The van der Waals surface area contributed by atoms with Gasteiger partial charge >= 0.3 is 6.03 Å². The van der Waals surface area contributed by atoms with Gasteiger partial charge in [0, 0.05) is 37.8 Å². The van der Waals surface area contributed by atoms with Crippen LogP contribution in [0, 0.1) is 0 Å². The largest absolute Gasteiger partial charge is 0.376 e. The average Bonchev–Trinajstić information content (AvgIpc) is 3.37. The average molecular weight is 373 g/mol. The minimum absolute atomic E-state index is 0.105. The lowest BCUT2D eigenvalue weighted by Crippen LogP contribution is -2.43. The first-order valence-electron chi connectivity index (χ1n) is 9.01. The van der Waals surface area contributed by atoms with Gasteiger partial charge in [-0.2, -0.15) is 0 Å². The molecule has 0 bridgehead atoms. The van der Waals surface area contributed by atoms with E-state index in [1.807, 2.05) is 24.4 Å². The number of carbonyl (C=O) groups is 1. The molecule has 0 unspecified atom stereocenters. The van der Waals surface area contributed by atoms with Crippen molar-refractivity contribution in [1.82, 2.24) is 24.8 Å². The Kier molecular flexibility index (Phi) is 5.40. The SMILES string of the molecule is O=C(NCc1cn2c(n1)SCC2)N(Cc1ccccn1)C[C@H]1CCCO1. The molecule has 0 radical (unpaired) electrons. The molecule has 1 fully saturated rings. The fourth-order valence-electron chi connectivity index (χ4n) is 3.27. The second kappa shape index (κ2) is 8.09. The molecule has 0 spiro atoms. The monoisotopic (exact) mass is 373 g/mol. The summed E-state index contributed by atoms with van der Waals surface area (Å²) in [6.45, 7) is 3.26. The van der Waals surface area contributed by atoms with E-state index >= 15 is 0 Å². The number of pyridine rings is 1. The minimum atomic E-state index is -0.105. The zero-order valence-electron chi connectivity index (χ0n) is 14.6. The summed E-state index contributed by atoms with van der Waals surface area (Å²) >= 11 is 1.76. The van der Waals surface area contributed by atoms with Gasteiger partial charge in [0.05, 0.1) is 30.6 Å². The number of hydrogen-bond acceptors (Lipinski definition) is 5. The first-order chi connectivity index (χ1) is 12.8. The molecule has 2 aliphatic heterocycles. The van der Waals surface area contributed by atoms with Crippen LogP contribution in [0.15, 0.2) is 35.7 Å². The Morgan fingerprint density at radius 2 is 2.38 bits per heavy atom. The maximum absolute atomic E-state index is 12.8. The molecule has 4 heterocycles. The Labute approximate surface area is 157 Å². The Morgan fingerprint density at radius 1 is 1.42 bits per heavy atom. The maximum atomic E-state index is 12.8. The summed E-state index contributed by atoms with van der Waals surface area (Å²) in [6.07, 6.45) is 5.94. The molecule has 1 N–H and O–H groups in total. The molecule has 2 amide bonds. The summed E-state index contributed by atoms with van der Waals surface area (Å²) in [5.41, 5.74) is 1.77. The van der Waals surface area contributed by atoms with Gasteiger partial charge in [-0.05, 0) is 25.0 Å². The number of carbonyl (C=O) groups excluding carboxylic acids is 1. The molecule has 26 heavy (non-hydrogen) atoms. The van der Waals surface area contributed by atoms with Crippen molar-refractivity contribution in [3.63, 3.8) is 0 Å². The van der Waals surface area contributed by atoms with Crippen LogP contribution in [0.1, 0.15) is 24.2 Å². The van der Waals surface area contributed by atoms with E-state index in [2.05, 4.69) is 19.9 Å². The van der Waals surface area contributed by atoms with Gasteiger partial charge in [-0.15, -0.1) is 0 Å². The molecule has 1 atom stereocenters. The number of fused-ring (bicyclic) bond motifs is 1. The third-order valence-corrected chi connectivity index (χ3v) is 5.56. The number of rotatable bonds is 6. The molecule has 8 heteroatoms. The molecule has 138 valence electrons. The minimum Gasteiger partial charge on any atom is -0.376 e. The van der Waals surface area contributed by atoms with E-state index in [4.69, 9.17) is 4.74 Å². The maximum Gasteiger partial charge on any atom is 0.318 e. The Balaban J connectivity index is 1.38. The van der Waals surface area contributed by atoms with Gasteiger partial charge in [-0.3, -0.25) is 4.98 Å². The van der Waals surface area contributed by atoms with Crippen LogP contribution in [-0.4, -0.2) is 50.5 Å². The van der Waals surface area contributed by atoms with E-state index < -0.39 is 0 Å². The molecule has 2 aliphatic rings. The normalized spacial score (nSPS) is 18.7.